The summed E-state index contributed by atoms with van der Waals surface area (Å²) in [5.41, 5.74) is 1.79. The van der Waals surface area contributed by atoms with Crippen LogP contribution < -0.4 is 5.32 Å². The number of hydrogen-bond donors (Lipinski definition) is 1. The van der Waals surface area contributed by atoms with Crippen molar-refractivity contribution in [1.82, 2.24) is 10.2 Å². The predicted molar refractivity (Wildman–Crippen MR) is 105 cm³/mol. The van der Waals surface area contributed by atoms with E-state index in [0.29, 0.717) is 6.04 Å². The van der Waals surface area contributed by atoms with E-state index in [0.717, 1.165) is 44.3 Å². The number of nitrogens with one attached hydrogen (secondary N) is 1. The van der Waals surface area contributed by atoms with Crippen molar-refractivity contribution in [3.8, 4) is 0 Å². The van der Waals surface area contributed by atoms with Crippen LogP contribution in [0.3, 0.4) is 0 Å². The van der Waals surface area contributed by atoms with Gasteiger partial charge in [-0.25, -0.2) is 4.39 Å². The lowest BCUT2D eigenvalue weighted by atomic mass is 9.63. The zero-order valence-corrected chi connectivity index (χ0v) is 15.8. The number of amides is 1. The second kappa shape index (κ2) is 7.43. The number of likely N-dealkylation sites (tertiary alicyclic amines) is 1. The maximum atomic E-state index is 13.3. The summed E-state index contributed by atoms with van der Waals surface area (Å²) in [4.78, 5) is 15.5. The molecule has 1 N–H and O–H groups in total. The molecule has 4 heteroatoms. The first kappa shape index (κ1) is 18.2. The van der Waals surface area contributed by atoms with E-state index in [1.807, 2.05) is 6.07 Å². The van der Waals surface area contributed by atoms with Crippen molar-refractivity contribution in [1.29, 1.82) is 0 Å². The van der Waals surface area contributed by atoms with Gasteiger partial charge in [-0.05, 0) is 49.4 Å². The highest BCUT2D eigenvalue weighted by Crippen LogP contribution is 2.44. The normalized spacial score (nSPS) is 22.8. The molecule has 1 aliphatic heterocycles. The van der Waals surface area contributed by atoms with Gasteiger partial charge in [0.1, 0.15) is 5.82 Å². The SMILES string of the molecule is CC(c1ccccc1)N1CCC(NC(=O)C2(c3ccc(F)cc3)CCC2)C1. The van der Waals surface area contributed by atoms with Crippen LogP contribution in [-0.4, -0.2) is 29.9 Å². The number of benzene rings is 2. The monoisotopic (exact) mass is 366 g/mol. The molecule has 2 fully saturated rings. The molecule has 3 nitrogen and oxygen atoms in total. The highest BCUT2D eigenvalue weighted by atomic mass is 19.1. The van der Waals surface area contributed by atoms with Crippen molar-refractivity contribution in [3.05, 3.63) is 71.5 Å². The molecular formula is C23H27FN2O. The third-order valence-corrected chi connectivity index (χ3v) is 6.42. The molecule has 2 unspecified atom stereocenters. The van der Waals surface area contributed by atoms with E-state index in [1.54, 1.807) is 12.1 Å². The largest absolute Gasteiger partial charge is 0.351 e. The third-order valence-electron chi connectivity index (χ3n) is 6.42. The number of rotatable bonds is 5. The van der Waals surface area contributed by atoms with Crippen molar-refractivity contribution < 1.29 is 9.18 Å². The Kier molecular flexibility index (Phi) is 5.00. The fraction of sp³-hybridized carbons (Fsp3) is 0.435. The summed E-state index contributed by atoms with van der Waals surface area (Å²) in [5.74, 6) is -0.144. The summed E-state index contributed by atoms with van der Waals surface area (Å²) in [7, 11) is 0. The van der Waals surface area contributed by atoms with Gasteiger partial charge in [0.05, 0.1) is 5.41 Å². The van der Waals surface area contributed by atoms with Crippen molar-refractivity contribution in [2.45, 2.75) is 50.1 Å². The van der Waals surface area contributed by atoms with Gasteiger partial charge in [0.15, 0.2) is 0 Å². The second-order valence-corrected chi connectivity index (χ2v) is 7.98. The Morgan fingerprint density at radius 2 is 1.85 bits per heavy atom. The molecule has 1 aliphatic carbocycles. The van der Waals surface area contributed by atoms with Crippen molar-refractivity contribution in [3.63, 3.8) is 0 Å². The van der Waals surface area contributed by atoms with Gasteiger partial charge in [0, 0.05) is 25.2 Å². The molecule has 1 saturated carbocycles. The van der Waals surface area contributed by atoms with E-state index in [9.17, 15) is 9.18 Å². The van der Waals surface area contributed by atoms with Gasteiger partial charge in [-0.3, -0.25) is 9.69 Å². The van der Waals surface area contributed by atoms with E-state index < -0.39 is 5.41 Å². The maximum absolute atomic E-state index is 13.3. The van der Waals surface area contributed by atoms with E-state index in [2.05, 4.69) is 41.4 Å². The number of hydrogen-bond acceptors (Lipinski definition) is 2. The molecular weight excluding hydrogens is 339 g/mol. The second-order valence-electron chi connectivity index (χ2n) is 7.98. The zero-order valence-electron chi connectivity index (χ0n) is 15.8. The van der Waals surface area contributed by atoms with E-state index in [1.165, 1.54) is 17.7 Å². The summed E-state index contributed by atoms with van der Waals surface area (Å²) in [5, 5.41) is 3.30. The summed E-state index contributed by atoms with van der Waals surface area (Å²) < 4.78 is 13.3. The van der Waals surface area contributed by atoms with E-state index in [-0.39, 0.29) is 17.8 Å². The van der Waals surface area contributed by atoms with Gasteiger partial charge in [0.25, 0.3) is 0 Å². The molecule has 2 aliphatic rings. The molecule has 2 aromatic rings. The first-order chi connectivity index (χ1) is 13.1. The Bertz CT molecular complexity index is 786. The maximum Gasteiger partial charge on any atom is 0.230 e. The van der Waals surface area contributed by atoms with Crippen LogP contribution in [0.5, 0.6) is 0 Å². The predicted octanol–water partition coefficient (Wildman–Crippen LogP) is 4.20. The highest BCUT2D eigenvalue weighted by molar-refractivity contribution is 5.89. The quantitative estimate of drug-likeness (QED) is 0.860. The molecule has 1 saturated heterocycles. The minimum absolute atomic E-state index is 0.111. The van der Waals surface area contributed by atoms with Gasteiger partial charge in [0.2, 0.25) is 5.91 Å². The van der Waals surface area contributed by atoms with Crippen LogP contribution in [-0.2, 0) is 10.2 Å². The number of halogens is 1. The topological polar surface area (TPSA) is 32.3 Å². The van der Waals surface area contributed by atoms with Crippen molar-refractivity contribution in [2.75, 3.05) is 13.1 Å². The van der Waals surface area contributed by atoms with Crippen LogP contribution in [0.2, 0.25) is 0 Å². The summed E-state index contributed by atoms with van der Waals surface area (Å²) >= 11 is 0. The van der Waals surface area contributed by atoms with Gasteiger partial charge in [-0.15, -0.1) is 0 Å². The van der Waals surface area contributed by atoms with E-state index in [4.69, 9.17) is 0 Å². The van der Waals surface area contributed by atoms with Gasteiger partial charge < -0.3 is 5.32 Å². The Labute approximate surface area is 160 Å². The summed E-state index contributed by atoms with van der Waals surface area (Å²) in [6, 6.07) is 17.5. The third kappa shape index (κ3) is 3.51. The fourth-order valence-electron chi connectivity index (χ4n) is 4.47. The molecule has 2 aromatic carbocycles. The standard InChI is InChI=1S/C23H27FN2O/c1-17(18-6-3-2-4-7-18)26-15-12-21(16-26)25-22(27)23(13-5-14-23)19-8-10-20(24)11-9-19/h2-4,6-11,17,21H,5,12-16H2,1H3,(H,25,27). The number of carbonyl (C=O) groups excluding carboxylic acids is 1. The average molecular weight is 366 g/mol. The molecule has 0 bridgehead atoms. The molecule has 4 rings (SSSR count). The Morgan fingerprint density at radius 3 is 2.48 bits per heavy atom. The summed E-state index contributed by atoms with van der Waals surface area (Å²) in [6.45, 7) is 4.09. The van der Waals surface area contributed by atoms with Crippen LogP contribution in [0, 0.1) is 5.82 Å². The fourth-order valence-corrected chi connectivity index (χ4v) is 4.47. The minimum Gasteiger partial charge on any atom is -0.351 e. The Morgan fingerprint density at radius 1 is 1.15 bits per heavy atom. The Hall–Kier alpha value is -2.20. The first-order valence-electron chi connectivity index (χ1n) is 9.94. The van der Waals surface area contributed by atoms with Gasteiger partial charge in [-0.2, -0.15) is 0 Å². The molecule has 0 spiro atoms. The molecule has 0 aromatic heterocycles. The zero-order chi connectivity index (χ0) is 18.9. The van der Waals surface area contributed by atoms with Crippen LogP contribution in [0.1, 0.15) is 49.8 Å². The lowest BCUT2D eigenvalue weighted by molar-refractivity contribution is -0.130. The van der Waals surface area contributed by atoms with Crippen molar-refractivity contribution >= 4 is 5.91 Å². The molecule has 142 valence electrons. The highest BCUT2D eigenvalue weighted by Gasteiger charge is 2.46. The van der Waals surface area contributed by atoms with Crippen LogP contribution in [0.4, 0.5) is 4.39 Å². The number of nitrogens with zero attached hydrogens (tertiary/aromatic N) is 1. The smallest absolute Gasteiger partial charge is 0.230 e. The Balaban J connectivity index is 1.40. The molecule has 27 heavy (non-hydrogen) atoms. The van der Waals surface area contributed by atoms with Crippen LogP contribution in [0.25, 0.3) is 0 Å². The molecule has 1 amide bonds. The molecule has 1 heterocycles. The van der Waals surface area contributed by atoms with Crippen LogP contribution >= 0.6 is 0 Å². The van der Waals surface area contributed by atoms with E-state index >= 15 is 0 Å². The molecule has 0 radical (unpaired) electrons. The van der Waals surface area contributed by atoms with Crippen molar-refractivity contribution in [2.24, 2.45) is 0 Å². The minimum atomic E-state index is -0.466. The average Bonchev–Trinajstić information content (AvgIpc) is 3.11. The lowest BCUT2D eigenvalue weighted by Gasteiger charge is -2.41. The van der Waals surface area contributed by atoms with Gasteiger partial charge >= 0.3 is 0 Å². The first-order valence-corrected chi connectivity index (χ1v) is 9.94. The summed E-state index contributed by atoms with van der Waals surface area (Å²) in [6.07, 6.45) is 3.72. The van der Waals surface area contributed by atoms with Crippen LogP contribution in [0.15, 0.2) is 54.6 Å². The lowest BCUT2D eigenvalue weighted by Crippen LogP contribution is -2.52. The molecule has 2 atom stereocenters. The van der Waals surface area contributed by atoms with Gasteiger partial charge in [-0.1, -0.05) is 48.9 Å². The number of carbonyl (C=O) groups is 1.